The van der Waals surface area contributed by atoms with Crippen LogP contribution in [0.25, 0.3) is 22.3 Å². The van der Waals surface area contributed by atoms with Crippen LogP contribution in [0, 0.1) is 19.7 Å². The molecule has 2 aliphatic rings. The summed E-state index contributed by atoms with van der Waals surface area (Å²) in [5, 5.41) is 4.39. The van der Waals surface area contributed by atoms with Gasteiger partial charge in [0.25, 0.3) is 5.56 Å². The molecule has 0 amide bonds. The predicted molar refractivity (Wildman–Crippen MR) is 104 cm³/mol. The van der Waals surface area contributed by atoms with Gasteiger partial charge in [-0.2, -0.15) is 0 Å². The van der Waals surface area contributed by atoms with Gasteiger partial charge < -0.3 is 9.88 Å². The van der Waals surface area contributed by atoms with Crippen LogP contribution in [-0.2, 0) is 13.0 Å². The number of fused-ring (bicyclic) bond motifs is 4. The Morgan fingerprint density at radius 2 is 2.15 bits per heavy atom. The van der Waals surface area contributed by atoms with Gasteiger partial charge in [0.1, 0.15) is 5.82 Å². The van der Waals surface area contributed by atoms with Gasteiger partial charge in [0.15, 0.2) is 0 Å². The zero-order chi connectivity index (χ0) is 18.9. The van der Waals surface area contributed by atoms with E-state index in [1.807, 2.05) is 26.0 Å². The molecule has 136 valence electrons. The summed E-state index contributed by atoms with van der Waals surface area (Å²) in [6.45, 7) is 7.99. The summed E-state index contributed by atoms with van der Waals surface area (Å²) >= 11 is 0. The van der Waals surface area contributed by atoms with E-state index in [9.17, 15) is 9.18 Å². The van der Waals surface area contributed by atoms with Gasteiger partial charge in [0, 0.05) is 22.6 Å². The molecule has 5 heteroatoms. The van der Waals surface area contributed by atoms with Gasteiger partial charge in [-0.15, -0.1) is 0 Å². The molecule has 1 atom stereocenters. The van der Waals surface area contributed by atoms with E-state index in [-0.39, 0.29) is 17.4 Å². The molecule has 1 aromatic carbocycles. The number of benzene rings is 1. The standard InChI is InChI=1S/C22H20FN3O/c1-4-24-16-7-6-13-12(3)15(23)9-17-19(13)20(16)14-10-26-18(21(14)25-17)8-5-11(2)22(26)27/h4-5,8-9,16,24H,1,6-7,10H2,2-3H3. The van der Waals surface area contributed by atoms with E-state index >= 15 is 0 Å². The van der Waals surface area contributed by atoms with Crippen molar-refractivity contribution in [2.45, 2.75) is 39.3 Å². The fourth-order valence-electron chi connectivity index (χ4n) is 4.66. The van der Waals surface area contributed by atoms with Crippen LogP contribution in [0.5, 0.6) is 0 Å². The first-order valence-electron chi connectivity index (χ1n) is 9.23. The van der Waals surface area contributed by atoms with Crippen LogP contribution in [-0.4, -0.2) is 9.55 Å². The first-order chi connectivity index (χ1) is 13.0. The van der Waals surface area contributed by atoms with Gasteiger partial charge in [-0.3, -0.25) is 4.79 Å². The molecule has 1 aliphatic heterocycles. The first kappa shape index (κ1) is 16.2. The summed E-state index contributed by atoms with van der Waals surface area (Å²) < 4.78 is 16.3. The molecule has 0 bridgehead atoms. The largest absolute Gasteiger partial charge is 0.385 e. The van der Waals surface area contributed by atoms with Crippen molar-refractivity contribution in [1.82, 2.24) is 14.9 Å². The molecule has 3 heterocycles. The van der Waals surface area contributed by atoms with Crippen LogP contribution in [0.2, 0.25) is 0 Å². The fraction of sp³-hybridized carbons (Fsp3) is 0.273. The van der Waals surface area contributed by atoms with Gasteiger partial charge in [-0.1, -0.05) is 12.6 Å². The molecule has 27 heavy (non-hydrogen) atoms. The smallest absolute Gasteiger partial charge is 0.254 e. The number of aromatic nitrogens is 2. The quantitative estimate of drug-likeness (QED) is 0.589. The van der Waals surface area contributed by atoms with Crippen molar-refractivity contribution < 1.29 is 4.39 Å². The predicted octanol–water partition coefficient (Wildman–Crippen LogP) is 3.90. The minimum absolute atomic E-state index is 0.00776. The van der Waals surface area contributed by atoms with E-state index in [1.165, 1.54) is 6.07 Å². The summed E-state index contributed by atoms with van der Waals surface area (Å²) in [6, 6.07) is 5.40. The number of hydrogen-bond donors (Lipinski definition) is 1. The lowest BCUT2D eigenvalue weighted by molar-refractivity contribution is 0.553. The second-order valence-electron chi connectivity index (χ2n) is 7.46. The maximum atomic E-state index is 14.5. The minimum atomic E-state index is -0.217. The summed E-state index contributed by atoms with van der Waals surface area (Å²) in [6.07, 6.45) is 3.37. The number of halogens is 1. The van der Waals surface area contributed by atoms with Crippen molar-refractivity contribution in [3.63, 3.8) is 0 Å². The van der Waals surface area contributed by atoms with Crippen LogP contribution in [0.3, 0.4) is 0 Å². The summed E-state index contributed by atoms with van der Waals surface area (Å²) in [5.41, 5.74) is 6.94. The molecule has 1 N–H and O–H groups in total. The Kier molecular flexibility index (Phi) is 3.32. The molecule has 0 saturated carbocycles. The van der Waals surface area contributed by atoms with Crippen molar-refractivity contribution >= 4 is 10.9 Å². The molecule has 4 nitrogen and oxygen atoms in total. The number of hydrogen-bond acceptors (Lipinski definition) is 3. The number of rotatable bonds is 2. The normalized spacial score (nSPS) is 16.9. The van der Waals surface area contributed by atoms with Crippen LogP contribution >= 0.6 is 0 Å². The van der Waals surface area contributed by atoms with Crippen LogP contribution in [0.15, 0.2) is 35.8 Å². The lowest BCUT2D eigenvalue weighted by atomic mass is 9.82. The Morgan fingerprint density at radius 3 is 2.93 bits per heavy atom. The Morgan fingerprint density at radius 1 is 1.33 bits per heavy atom. The molecule has 2 aromatic heterocycles. The average Bonchev–Trinajstić information content (AvgIpc) is 3.02. The van der Waals surface area contributed by atoms with E-state index in [0.29, 0.717) is 23.2 Å². The average molecular weight is 361 g/mol. The molecule has 1 unspecified atom stereocenters. The number of nitrogens with zero attached hydrogens (tertiary/aromatic N) is 2. The summed E-state index contributed by atoms with van der Waals surface area (Å²) in [7, 11) is 0. The SMILES string of the molecule is C=CNC1CCc2c(C)c(F)cc3nc4c(c1c23)Cn1c-4ccc(C)c1=O. The lowest BCUT2D eigenvalue weighted by Crippen LogP contribution is -2.24. The van der Waals surface area contributed by atoms with Crippen molar-refractivity contribution in [3.05, 3.63) is 75.0 Å². The van der Waals surface area contributed by atoms with Crippen LogP contribution in [0.1, 0.15) is 40.3 Å². The third-order valence-electron chi connectivity index (χ3n) is 6.02. The monoisotopic (exact) mass is 361 g/mol. The van der Waals surface area contributed by atoms with E-state index < -0.39 is 0 Å². The molecule has 0 radical (unpaired) electrons. The zero-order valence-electron chi connectivity index (χ0n) is 15.4. The molecular weight excluding hydrogens is 341 g/mol. The molecule has 0 spiro atoms. The summed E-state index contributed by atoms with van der Waals surface area (Å²) in [5.74, 6) is -0.217. The van der Waals surface area contributed by atoms with Gasteiger partial charge >= 0.3 is 0 Å². The minimum Gasteiger partial charge on any atom is -0.385 e. The zero-order valence-corrected chi connectivity index (χ0v) is 15.4. The molecule has 0 saturated heterocycles. The maximum Gasteiger partial charge on any atom is 0.254 e. The number of pyridine rings is 2. The van der Waals surface area contributed by atoms with Crippen molar-refractivity contribution in [2.75, 3.05) is 0 Å². The van der Waals surface area contributed by atoms with E-state index in [1.54, 1.807) is 10.8 Å². The Hall–Kier alpha value is -2.95. The Balaban J connectivity index is 1.91. The number of aryl methyl sites for hydroxylation is 2. The van der Waals surface area contributed by atoms with Crippen LogP contribution in [0.4, 0.5) is 4.39 Å². The molecule has 0 fully saturated rings. The molecule has 3 aromatic rings. The third kappa shape index (κ3) is 2.08. The Bertz CT molecular complexity index is 1210. The van der Waals surface area contributed by atoms with E-state index in [2.05, 4.69) is 11.9 Å². The highest BCUT2D eigenvalue weighted by molar-refractivity contribution is 5.92. The van der Waals surface area contributed by atoms with E-state index in [0.717, 1.165) is 46.3 Å². The van der Waals surface area contributed by atoms with Gasteiger partial charge in [0.2, 0.25) is 0 Å². The Labute approximate surface area is 156 Å². The maximum absolute atomic E-state index is 14.5. The molecule has 1 aliphatic carbocycles. The highest BCUT2D eigenvalue weighted by atomic mass is 19.1. The van der Waals surface area contributed by atoms with Crippen molar-refractivity contribution in [1.29, 1.82) is 0 Å². The highest BCUT2D eigenvalue weighted by Crippen LogP contribution is 2.44. The molecular formula is C22H20FN3O. The highest BCUT2D eigenvalue weighted by Gasteiger charge is 2.33. The summed E-state index contributed by atoms with van der Waals surface area (Å²) in [4.78, 5) is 17.5. The van der Waals surface area contributed by atoms with Crippen molar-refractivity contribution in [2.24, 2.45) is 0 Å². The van der Waals surface area contributed by atoms with Gasteiger partial charge in [-0.05, 0) is 55.6 Å². The number of nitrogens with one attached hydrogen (secondary N) is 1. The van der Waals surface area contributed by atoms with E-state index in [4.69, 9.17) is 4.98 Å². The topological polar surface area (TPSA) is 46.9 Å². The second kappa shape index (κ2) is 5.52. The third-order valence-corrected chi connectivity index (χ3v) is 6.02. The second-order valence-corrected chi connectivity index (χ2v) is 7.46. The van der Waals surface area contributed by atoms with Crippen molar-refractivity contribution in [3.8, 4) is 11.4 Å². The van der Waals surface area contributed by atoms with Crippen LogP contribution < -0.4 is 10.9 Å². The first-order valence-corrected chi connectivity index (χ1v) is 9.23. The molecule has 5 rings (SSSR count). The van der Waals surface area contributed by atoms with Gasteiger partial charge in [-0.25, -0.2) is 9.37 Å². The fourth-order valence-corrected chi connectivity index (χ4v) is 4.66. The lowest BCUT2D eigenvalue weighted by Gasteiger charge is -2.29. The van der Waals surface area contributed by atoms with Gasteiger partial charge in [0.05, 0.1) is 29.5 Å².